The third-order valence-electron chi connectivity index (χ3n) is 4.71. The van der Waals surface area contributed by atoms with Crippen molar-refractivity contribution < 1.29 is 19.0 Å². The average Bonchev–Trinajstić information content (AvgIpc) is 3.04. The number of pyridine rings is 1. The first kappa shape index (κ1) is 19.0. The van der Waals surface area contributed by atoms with E-state index in [1.54, 1.807) is 42.5 Å². The SMILES string of the molecule is COc1cc2c(Cc3cccc(C(=O)O)n3)c(-c3ccccc3F)[nH]c2cc1Cl. The summed E-state index contributed by atoms with van der Waals surface area (Å²) in [7, 11) is 1.52. The Morgan fingerprint density at radius 3 is 2.72 bits per heavy atom. The fourth-order valence-corrected chi connectivity index (χ4v) is 3.60. The van der Waals surface area contributed by atoms with Gasteiger partial charge in [0.05, 0.1) is 17.8 Å². The number of methoxy groups -OCH3 is 1. The van der Waals surface area contributed by atoms with Gasteiger partial charge in [0.15, 0.2) is 0 Å². The minimum absolute atomic E-state index is 0.0459. The molecule has 0 bridgehead atoms. The number of benzene rings is 2. The van der Waals surface area contributed by atoms with Crippen molar-refractivity contribution >= 4 is 28.5 Å². The Labute approximate surface area is 170 Å². The predicted octanol–water partition coefficient (Wildman–Crippen LogP) is 5.32. The molecular weight excluding hydrogens is 395 g/mol. The van der Waals surface area contributed by atoms with Gasteiger partial charge < -0.3 is 14.8 Å². The van der Waals surface area contributed by atoms with Crippen LogP contribution in [0.4, 0.5) is 4.39 Å². The summed E-state index contributed by atoms with van der Waals surface area (Å²) < 4.78 is 19.9. The number of aromatic nitrogens is 2. The Morgan fingerprint density at radius 2 is 2.00 bits per heavy atom. The van der Waals surface area contributed by atoms with Crippen molar-refractivity contribution in [3.05, 3.63) is 82.4 Å². The number of nitrogens with one attached hydrogen (secondary N) is 1. The maximum absolute atomic E-state index is 14.6. The Balaban J connectivity index is 1.94. The first-order valence-corrected chi connectivity index (χ1v) is 9.18. The normalized spacial score (nSPS) is 11.0. The summed E-state index contributed by atoms with van der Waals surface area (Å²) in [6, 6.07) is 14.8. The standard InChI is InChI=1S/C22H16ClFN2O3/c1-29-20-10-14-15(9-12-5-4-8-18(25-12)22(27)28)21(26-19(14)11-16(20)23)13-6-2-3-7-17(13)24/h2-8,10-11,26H,9H2,1H3,(H,27,28). The highest BCUT2D eigenvalue weighted by Gasteiger charge is 2.19. The van der Waals surface area contributed by atoms with E-state index >= 15 is 0 Å². The number of hydrogen-bond acceptors (Lipinski definition) is 3. The van der Waals surface area contributed by atoms with Gasteiger partial charge in [0, 0.05) is 28.6 Å². The van der Waals surface area contributed by atoms with Crippen LogP contribution < -0.4 is 4.74 Å². The van der Waals surface area contributed by atoms with E-state index in [0.29, 0.717) is 34.1 Å². The van der Waals surface area contributed by atoms with E-state index in [4.69, 9.17) is 16.3 Å². The highest BCUT2D eigenvalue weighted by atomic mass is 35.5. The van der Waals surface area contributed by atoms with Gasteiger partial charge in [0.2, 0.25) is 0 Å². The fourth-order valence-electron chi connectivity index (χ4n) is 3.36. The second-order valence-corrected chi connectivity index (χ2v) is 6.89. The highest BCUT2D eigenvalue weighted by molar-refractivity contribution is 6.32. The second kappa shape index (κ2) is 7.56. The Kier molecular flexibility index (Phi) is 4.94. The van der Waals surface area contributed by atoms with E-state index in [0.717, 1.165) is 16.5 Å². The number of hydrogen-bond donors (Lipinski definition) is 2. The molecule has 2 aromatic heterocycles. The topological polar surface area (TPSA) is 75.2 Å². The summed E-state index contributed by atoms with van der Waals surface area (Å²) in [5, 5.41) is 10.5. The predicted molar refractivity (Wildman–Crippen MR) is 109 cm³/mol. The van der Waals surface area contributed by atoms with Crippen molar-refractivity contribution in [3.8, 4) is 17.0 Å². The van der Waals surface area contributed by atoms with Gasteiger partial charge in [0.1, 0.15) is 17.3 Å². The zero-order valence-corrected chi connectivity index (χ0v) is 16.1. The molecule has 0 aliphatic carbocycles. The number of ether oxygens (including phenoxy) is 1. The van der Waals surface area contributed by atoms with Gasteiger partial charge in [-0.1, -0.05) is 29.8 Å². The molecule has 2 heterocycles. The number of nitrogens with zero attached hydrogens (tertiary/aromatic N) is 1. The minimum Gasteiger partial charge on any atom is -0.495 e. The molecule has 0 atom stereocenters. The van der Waals surface area contributed by atoms with Gasteiger partial charge in [-0.15, -0.1) is 0 Å². The molecule has 0 spiro atoms. The number of carbonyl (C=O) groups is 1. The van der Waals surface area contributed by atoms with Crippen LogP contribution >= 0.6 is 11.6 Å². The summed E-state index contributed by atoms with van der Waals surface area (Å²) >= 11 is 6.26. The summed E-state index contributed by atoms with van der Waals surface area (Å²) in [5.74, 6) is -0.981. The van der Waals surface area contributed by atoms with Crippen LogP contribution in [0, 0.1) is 5.82 Å². The van der Waals surface area contributed by atoms with Crippen LogP contribution in [0.5, 0.6) is 5.75 Å². The molecule has 29 heavy (non-hydrogen) atoms. The first-order chi connectivity index (χ1) is 14.0. The summed E-state index contributed by atoms with van der Waals surface area (Å²) in [5.41, 5.74) is 2.99. The van der Waals surface area contributed by atoms with Crippen molar-refractivity contribution in [2.75, 3.05) is 7.11 Å². The quantitative estimate of drug-likeness (QED) is 0.467. The highest BCUT2D eigenvalue weighted by Crippen LogP contribution is 2.37. The van der Waals surface area contributed by atoms with E-state index in [1.165, 1.54) is 19.2 Å². The van der Waals surface area contributed by atoms with E-state index in [9.17, 15) is 14.3 Å². The minimum atomic E-state index is -1.10. The van der Waals surface area contributed by atoms with Crippen LogP contribution in [-0.4, -0.2) is 28.2 Å². The molecular formula is C22H16ClFN2O3. The summed E-state index contributed by atoms with van der Waals surface area (Å²) in [4.78, 5) is 18.7. The van der Waals surface area contributed by atoms with Gasteiger partial charge >= 0.3 is 5.97 Å². The molecule has 7 heteroatoms. The Bertz CT molecular complexity index is 1240. The third-order valence-corrected chi connectivity index (χ3v) is 5.00. The Morgan fingerprint density at radius 1 is 1.21 bits per heavy atom. The molecule has 0 aliphatic rings. The van der Waals surface area contributed by atoms with Crippen LogP contribution in [0.2, 0.25) is 5.02 Å². The van der Waals surface area contributed by atoms with Crippen LogP contribution in [0.3, 0.4) is 0 Å². The maximum atomic E-state index is 14.6. The van der Waals surface area contributed by atoms with Gasteiger partial charge in [-0.3, -0.25) is 0 Å². The van der Waals surface area contributed by atoms with Crippen molar-refractivity contribution in [3.63, 3.8) is 0 Å². The molecule has 4 aromatic rings. The van der Waals surface area contributed by atoms with Crippen molar-refractivity contribution in [2.45, 2.75) is 6.42 Å². The molecule has 5 nitrogen and oxygen atoms in total. The molecule has 0 saturated heterocycles. The lowest BCUT2D eigenvalue weighted by molar-refractivity contribution is 0.0690. The lowest BCUT2D eigenvalue weighted by Gasteiger charge is -2.08. The van der Waals surface area contributed by atoms with Gasteiger partial charge in [-0.2, -0.15) is 0 Å². The summed E-state index contributed by atoms with van der Waals surface area (Å²) in [6.45, 7) is 0. The van der Waals surface area contributed by atoms with E-state index in [1.807, 2.05) is 0 Å². The molecule has 2 N–H and O–H groups in total. The first-order valence-electron chi connectivity index (χ1n) is 8.80. The van der Waals surface area contributed by atoms with Crippen molar-refractivity contribution in [1.82, 2.24) is 9.97 Å². The Hall–Kier alpha value is -3.38. The average molecular weight is 411 g/mol. The molecule has 0 saturated carbocycles. The maximum Gasteiger partial charge on any atom is 0.354 e. The molecule has 0 unspecified atom stereocenters. The van der Waals surface area contributed by atoms with E-state index < -0.39 is 5.97 Å². The number of aromatic amines is 1. The molecule has 4 rings (SSSR count). The number of aromatic carboxylic acids is 1. The van der Waals surface area contributed by atoms with E-state index in [2.05, 4.69) is 9.97 Å². The van der Waals surface area contributed by atoms with Gasteiger partial charge in [0.25, 0.3) is 0 Å². The zero-order valence-electron chi connectivity index (χ0n) is 15.4. The summed E-state index contributed by atoms with van der Waals surface area (Å²) in [6.07, 6.45) is 0.301. The lowest BCUT2D eigenvalue weighted by Crippen LogP contribution is -2.03. The molecule has 2 aromatic carbocycles. The number of halogens is 2. The second-order valence-electron chi connectivity index (χ2n) is 6.49. The van der Waals surface area contributed by atoms with Crippen LogP contribution in [-0.2, 0) is 6.42 Å². The number of fused-ring (bicyclic) bond motifs is 1. The number of rotatable bonds is 5. The van der Waals surface area contributed by atoms with E-state index in [-0.39, 0.29) is 11.5 Å². The monoisotopic (exact) mass is 410 g/mol. The fraction of sp³-hybridized carbons (Fsp3) is 0.0909. The van der Waals surface area contributed by atoms with Crippen LogP contribution in [0.1, 0.15) is 21.7 Å². The third kappa shape index (κ3) is 3.54. The smallest absolute Gasteiger partial charge is 0.354 e. The lowest BCUT2D eigenvalue weighted by atomic mass is 10.00. The molecule has 0 amide bonds. The largest absolute Gasteiger partial charge is 0.495 e. The van der Waals surface area contributed by atoms with Gasteiger partial charge in [-0.05, 0) is 42.0 Å². The zero-order chi connectivity index (χ0) is 20.5. The van der Waals surface area contributed by atoms with Crippen molar-refractivity contribution in [1.29, 1.82) is 0 Å². The number of carboxylic acid groups (broad SMARTS) is 1. The molecule has 0 radical (unpaired) electrons. The number of carboxylic acids is 1. The van der Waals surface area contributed by atoms with Crippen LogP contribution in [0.25, 0.3) is 22.2 Å². The van der Waals surface area contributed by atoms with Crippen LogP contribution in [0.15, 0.2) is 54.6 Å². The van der Waals surface area contributed by atoms with Crippen molar-refractivity contribution in [2.24, 2.45) is 0 Å². The molecule has 0 fully saturated rings. The van der Waals surface area contributed by atoms with Gasteiger partial charge in [-0.25, -0.2) is 14.2 Å². The molecule has 146 valence electrons. The molecule has 0 aliphatic heterocycles. The number of H-pyrrole nitrogens is 1.